The van der Waals surface area contributed by atoms with Gasteiger partial charge in [-0.15, -0.1) is 0 Å². The normalized spacial score (nSPS) is 15.4. The summed E-state index contributed by atoms with van der Waals surface area (Å²) in [5.74, 6) is 1.11. The second kappa shape index (κ2) is 9.04. The highest BCUT2D eigenvalue weighted by Gasteiger charge is 2.23. The molecule has 0 amide bonds. The lowest BCUT2D eigenvalue weighted by molar-refractivity contribution is 0.175. The minimum absolute atomic E-state index is 0.230. The van der Waals surface area contributed by atoms with Crippen LogP contribution in [0.25, 0.3) is 11.2 Å². The third-order valence-electron chi connectivity index (χ3n) is 6.30. The number of aromatic nitrogens is 4. The van der Waals surface area contributed by atoms with Gasteiger partial charge in [-0.25, -0.2) is 14.4 Å². The average molecular weight is 432 g/mol. The molecule has 1 N–H and O–H groups in total. The highest BCUT2D eigenvalue weighted by Crippen LogP contribution is 2.24. The molecule has 5 rings (SSSR count). The largest absolute Gasteiger partial charge is 0.311 e. The Hall–Kier alpha value is -3.32. The van der Waals surface area contributed by atoms with Crippen LogP contribution in [-0.2, 0) is 19.5 Å². The summed E-state index contributed by atoms with van der Waals surface area (Å²) in [6.07, 6.45) is 4.41. The van der Waals surface area contributed by atoms with Gasteiger partial charge in [0.1, 0.15) is 11.6 Å². The number of halogens is 1. The summed E-state index contributed by atoms with van der Waals surface area (Å²) in [7, 11) is 0. The van der Waals surface area contributed by atoms with E-state index in [0.29, 0.717) is 23.6 Å². The molecule has 6 nitrogen and oxygen atoms in total. The molecular formula is C25H26FN5O. The van der Waals surface area contributed by atoms with Gasteiger partial charge in [-0.1, -0.05) is 42.5 Å². The fourth-order valence-electron chi connectivity index (χ4n) is 4.54. The highest BCUT2D eigenvalue weighted by molar-refractivity contribution is 5.70. The molecule has 0 aliphatic carbocycles. The smallest absolute Gasteiger partial charge is 0.278 e. The van der Waals surface area contributed by atoms with Crippen molar-refractivity contribution in [2.45, 2.75) is 32.4 Å². The van der Waals surface area contributed by atoms with Crippen molar-refractivity contribution in [2.24, 2.45) is 5.92 Å². The molecule has 2 aromatic carbocycles. The van der Waals surface area contributed by atoms with Crippen LogP contribution < -0.4 is 5.56 Å². The summed E-state index contributed by atoms with van der Waals surface area (Å²) < 4.78 is 15.4. The number of benzene rings is 2. The van der Waals surface area contributed by atoms with Gasteiger partial charge >= 0.3 is 0 Å². The Morgan fingerprint density at radius 2 is 1.69 bits per heavy atom. The van der Waals surface area contributed by atoms with Crippen LogP contribution in [0.2, 0.25) is 0 Å². The fourth-order valence-corrected chi connectivity index (χ4v) is 4.54. The molecule has 1 aliphatic heterocycles. The van der Waals surface area contributed by atoms with Crippen LogP contribution in [0.5, 0.6) is 0 Å². The van der Waals surface area contributed by atoms with Crippen molar-refractivity contribution in [3.8, 4) is 0 Å². The van der Waals surface area contributed by atoms with Gasteiger partial charge in [-0.3, -0.25) is 9.69 Å². The number of nitrogens with one attached hydrogen (secondary N) is 1. The van der Waals surface area contributed by atoms with Crippen molar-refractivity contribution in [1.82, 2.24) is 24.4 Å². The predicted molar refractivity (Wildman–Crippen MR) is 122 cm³/mol. The fraction of sp³-hybridized carbons (Fsp3) is 0.320. The Labute approximate surface area is 185 Å². The van der Waals surface area contributed by atoms with Crippen molar-refractivity contribution in [1.29, 1.82) is 0 Å². The first-order valence-corrected chi connectivity index (χ1v) is 11.1. The summed E-state index contributed by atoms with van der Waals surface area (Å²) in [5.41, 5.74) is 3.01. The van der Waals surface area contributed by atoms with E-state index in [1.165, 1.54) is 24.0 Å². The summed E-state index contributed by atoms with van der Waals surface area (Å²) >= 11 is 0. The number of imidazole rings is 1. The van der Waals surface area contributed by atoms with Crippen LogP contribution in [-0.4, -0.2) is 37.5 Å². The first kappa shape index (κ1) is 20.6. The van der Waals surface area contributed by atoms with Gasteiger partial charge in [-0.2, -0.15) is 0 Å². The van der Waals surface area contributed by atoms with Crippen molar-refractivity contribution in [2.75, 3.05) is 13.1 Å². The van der Waals surface area contributed by atoms with E-state index < -0.39 is 0 Å². The van der Waals surface area contributed by atoms with Gasteiger partial charge in [0.2, 0.25) is 0 Å². The quantitative estimate of drug-likeness (QED) is 0.505. The van der Waals surface area contributed by atoms with E-state index in [1.807, 2.05) is 10.6 Å². The van der Waals surface area contributed by atoms with Crippen LogP contribution in [0.4, 0.5) is 4.39 Å². The van der Waals surface area contributed by atoms with Crippen LogP contribution in [0.1, 0.15) is 29.8 Å². The van der Waals surface area contributed by atoms with Crippen molar-refractivity contribution < 1.29 is 4.39 Å². The van der Waals surface area contributed by atoms with E-state index in [1.54, 1.807) is 12.1 Å². The molecule has 2 aromatic heterocycles. The third kappa shape index (κ3) is 4.48. The monoisotopic (exact) mass is 431 g/mol. The zero-order chi connectivity index (χ0) is 21.9. The topological polar surface area (TPSA) is 66.8 Å². The molecule has 4 aromatic rings. The molecule has 1 saturated heterocycles. The summed E-state index contributed by atoms with van der Waals surface area (Å²) in [5, 5.41) is 0. The van der Waals surface area contributed by atoms with E-state index in [2.05, 4.69) is 44.1 Å². The maximum absolute atomic E-state index is 13.3. The molecule has 0 unspecified atom stereocenters. The molecule has 0 bridgehead atoms. The summed E-state index contributed by atoms with van der Waals surface area (Å²) in [6.45, 7) is 3.60. The molecule has 0 atom stereocenters. The molecule has 0 spiro atoms. The van der Waals surface area contributed by atoms with Crippen molar-refractivity contribution in [3.05, 3.63) is 94.0 Å². The molecule has 7 heteroatoms. The number of likely N-dealkylation sites (tertiary alicyclic amines) is 1. The number of aromatic amines is 1. The first-order valence-electron chi connectivity index (χ1n) is 11.1. The lowest BCUT2D eigenvalue weighted by atomic mass is 9.93. The number of nitrogens with zero attached hydrogens (tertiary/aromatic N) is 4. The van der Waals surface area contributed by atoms with Gasteiger partial charge in [0.15, 0.2) is 11.2 Å². The van der Waals surface area contributed by atoms with E-state index in [-0.39, 0.29) is 11.4 Å². The minimum atomic E-state index is -0.263. The number of H-pyrrole nitrogens is 1. The molecule has 0 saturated carbocycles. The van der Waals surface area contributed by atoms with E-state index >= 15 is 0 Å². The Morgan fingerprint density at radius 1 is 0.969 bits per heavy atom. The third-order valence-corrected chi connectivity index (χ3v) is 6.30. The van der Waals surface area contributed by atoms with E-state index in [9.17, 15) is 9.18 Å². The Morgan fingerprint density at radius 3 is 2.44 bits per heavy atom. The number of rotatable bonds is 6. The Kier molecular flexibility index (Phi) is 5.81. The number of hydrogen-bond donors (Lipinski definition) is 1. The maximum atomic E-state index is 13.3. The lowest BCUT2D eigenvalue weighted by Gasteiger charge is -2.32. The van der Waals surface area contributed by atoms with Crippen LogP contribution in [0, 0.1) is 11.7 Å². The van der Waals surface area contributed by atoms with Gasteiger partial charge in [0.25, 0.3) is 5.56 Å². The molecular weight excluding hydrogens is 405 g/mol. The zero-order valence-corrected chi connectivity index (χ0v) is 17.9. The Balaban J connectivity index is 1.33. The SMILES string of the molecule is O=c1[nH]cnc2c1nc(CC1CCN(Cc3ccccc3)CC1)n2Cc1ccc(F)cc1. The molecule has 1 aliphatic rings. The summed E-state index contributed by atoms with van der Waals surface area (Å²) in [6, 6.07) is 17.0. The number of fused-ring (bicyclic) bond motifs is 1. The molecule has 0 radical (unpaired) electrons. The standard InChI is InChI=1S/C25H26FN5O/c26-21-8-6-20(7-9-21)16-31-22(29-23-24(31)27-17-28-25(23)32)14-18-10-12-30(13-11-18)15-19-4-2-1-3-5-19/h1-9,17-18H,10-16H2,(H,27,28,32). The second-order valence-electron chi connectivity index (χ2n) is 8.55. The zero-order valence-electron chi connectivity index (χ0n) is 17.9. The van der Waals surface area contributed by atoms with Gasteiger partial charge < -0.3 is 9.55 Å². The second-order valence-corrected chi connectivity index (χ2v) is 8.55. The van der Waals surface area contributed by atoms with Gasteiger partial charge in [0.05, 0.1) is 12.9 Å². The molecule has 3 heterocycles. The maximum Gasteiger partial charge on any atom is 0.278 e. The van der Waals surface area contributed by atoms with Crippen LogP contribution >= 0.6 is 0 Å². The van der Waals surface area contributed by atoms with E-state index in [4.69, 9.17) is 0 Å². The minimum Gasteiger partial charge on any atom is -0.311 e. The number of piperidine rings is 1. The van der Waals surface area contributed by atoms with Crippen LogP contribution in [0.3, 0.4) is 0 Å². The molecule has 1 fully saturated rings. The molecule has 164 valence electrons. The van der Waals surface area contributed by atoms with Gasteiger partial charge in [0, 0.05) is 13.0 Å². The summed E-state index contributed by atoms with van der Waals surface area (Å²) in [4.78, 5) is 26.5. The molecule has 32 heavy (non-hydrogen) atoms. The lowest BCUT2D eigenvalue weighted by Crippen LogP contribution is -2.34. The van der Waals surface area contributed by atoms with E-state index in [0.717, 1.165) is 50.3 Å². The van der Waals surface area contributed by atoms with Gasteiger partial charge in [-0.05, 0) is 55.1 Å². The highest BCUT2D eigenvalue weighted by atomic mass is 19.1. The van der Waals surface area contributed by atoms with Crippen molar-refractivity contribution >= 4 is 11.2 Å². The van der Waals surface area contributed by atoms with Crippen molar-refractivity contribution in [3.63, 3.8) is 0 Å². The Bertz CT molecular complexity index is 1240. The first-order chi connectivity index (χ1) is 15.7. The number of hydrogen-bond acceptors (Lipinski definition) is 4. The van der Waals surface area contributed by atoms with Crippen LogP contribution in [0.15, 0.2) is 65.7 Å². The average Bonchev–Trinajstić information content (AvgIpc) is 3.16. The predicted octanol–water partition coefficient (Wildman–Crippen LogP) is 3.76.